The minimum atomic E-state index is -3.87. The first-order chi connectivity index (χ1) is 20.4. The Labute approximate surface area is 247 Å². The molecule has 8 heteroatoms. The molecular formula is C34H34N4O3S. The minimum absolute atomic E-state index is 0.114. The molecule has 1 N–H and O–H groups in total. The molecule has 2 aliphatic rings. The van der Waals surface area contributed by atoms with Crippen molar-refractivity contribution in [2.75, 3.05) is 29.8 Å². The van der Waals surface area contributed by atoms with Gasteiger partial charge in [0.1, 0.15) is 5.92 Å². The van der Waals surface area contributed by atoms with Gasteiger partial charge in [-0.15, -0.1) is 0 Å². The van der Waals surface area contributed by atoms with E-state index in [1.165, 1.54) is 42.2 Å². The fraction of sp³-hybridized carbons (Fsp3) is 0.235. The van der Waals surface area contributed by atoms with Gasteiger partial charge in [0.2, 0.25) is 5.91 Å². The highest BCUT2D eigenvalue weighted by Crippen LogP contribution is 2.38. The molecule has 2 heterocycles. The summed E-state index contributed by atoms with van der Waals surface area (Å²) < 4.78 is 28.5. The summed E-state index contributed by atoms with van der Waals surface area (Å²) in [6.07, 6.45) is 3.81. The molecule has 0 bridgehead atoms. The Morgan fingerprint density at radius 1 is 0.881 bits per heavy atom. The van der Waals surface area contributed by atoms with Crippen molar-refractivity contribution in [1.29, 1.82) is 0 Å². The summed E-state index contributed by atoms with van der Waals surface area (Å²) in [5, 5.41) is 2.94. The van der Waals surface area contributed by atoms with Crippen LogP contribution in [0.3, 0.4) is 0 Å². The van der Waals surface area contributed by atoms with Gasteiger partial charge in [0.25, 0.3) is 10.0 Å². The standard InChI is InChI=1S/C34H34N4O3S/c1-37(28-13-7-3-8-14-28)42(40,41)29-19-20-31-30(23-29)32(34(39)36-31)33(26-11-5-2-6-12-26)35-27-17-15-25(16-18-27)24-38-21-9-4-10-22-38/h2-3,5-8,11-20,23,32H,4,9-10,21-22,24H2,1H3,(H,36,39). The molecule has 7 nitrogen and oxygen atoms in total. The van der Waals surface area contributed by atoms with Crippen LogP contribution in [0.5, 0.6) is 0 Å². The number of amides is 1. The van der Waals surface area contributed by atoms with Crippen LogP contribution < -0.4 is 9.62 Å². The lowest BCUT2D eigenvalue weighted by molar-refractivity contribution is -0.115. The second kappa shape index (κ2) is 11.9. The van der Waals surface area contributed by atoms with Gasteiger partial charge in [-0.25, -0.2) is 8.42 Å². The number of hydrogen-bond acceptors (Lipinski definition) is 5. The zero-order chi connectivity index (χ0) is 29.1. The van der Waals surface area contributed by atoms with Crippen LogP contribution in [-0.4, -0.2) is 45.1 Å². The van der Waals surface area contributed by atoms with Crippen LogP contribution in [0, 0.1) is 0 Å². The van der Waals surface area contributed by atoms with Crippen LogP contribution in [0.1, 0.15) is 41.9 Å². The minimum Gasteiger partial charge on any atom is -0.325 e. The molecule has 2 aliphatic heterocycles. The van der Waals surface area contributed by atoms with E-state index in [0.717, 1.165) is 30.9 Å². The van der Waals surface area contributed by atoms with E-state index < -0.39 is 15.9 Å². The molecule has 4 aromatic carbocycles. The maximum absolute atomic E-state index is 13.6. The number of hydrogen-bond donors (Lipinski definition) is 1. The third kappa shape index (κ3) is 5.73. The van der Waals surface area contributed by atoms with Gasteiger partial charge in [0, 0.05) is 19.3 Å². The van der Waals surface area contributed by atoms with Crippen molar-refractivity contribution in [3.8, 4) is 0 Å². The number of rotatable bonds is 8. The van der Waals surface area contributed by atoms with Gasteiger partial charge in [0.15, 0.2) is 0 Å². The van der Waals surface area contributed by atoms with Gasteiger partial charge < -0.3 is 5.32 Å². The lowest BCUT2D eigenvalue weighted by Crippen LogP contribution is -2.28. The smallest absolute Gasteiger partial charge is 0.264 e. The summed E-state index contributed by atoms with van der Waals surface area (Å²) in [7, 11) is -2.34. The number of anilines is 2. The maximum atomic E-state index is 13.6. The van der Waals surface area contributed by atoms with Crippen molar-refractivity contribution < 1.29 is 13.2 Å². The van der Waals surface area contributed by atoms with E-state index in [4.69, 9.17) is 4.99 Å². The topological polar surface area (TPSA) is 82.1 Å². The number of benzene rings is 4. The second-order valence-electron chi connectivity index (χ2n) is 10.8. The first-order valence-electron chi connectivity index (χ1n) is 14.3. The van der Waals surface area contributed by atoms with Crippen LogP contribution in [0.25, 0.3) is 0 Å². The van der Waals surface area contributed by atoms with E-state index in [9.17, 15) is 13.2 Å². The molecule has 42 heavy (non-hydrogen) atoms. The van der Waals surface area contributed by atoms with Gasteiger partial charge in [-0.05, 0) is 85.1 Å². The van der Waals surface area contributed by atoms with Crippen molar-refractivity contribution in [3.63, 3.8) is 0 Å². The maximum Gasteiger partial charge on any atom is 0.264 e. The van der Waals surface area contributed by atoms with Crippen LogP contribution in [0.4, 0.5) is 17.1 Å². The monoisotopic (exact) mass is 578 g/mol. The first kappa shape index (κ1) is 27.9. The molecule has 1 unspecified atom stereocenters. The number of carbonyl (C=O) groups excluding carboxylic acids is 1. The SMILES string of the molecule is CN(c1ccccc1)S(=O)(=O)c1ccc2c(c1)C(C(=Nc1ccc(CN3CCCCC3)cc1)c1ccccc1)C(=O)N2. The van der Waals surface area contributed by atoms with Crippen molar-refractivity contribution in [3.05, 3.63) is 120 Å². The Morgan fingerprint density at radius 3 is 2.24 bits per heavy atom. The highest BCUT2D eigenvalue weighted by atomic mass is 32.2. The van der Waals surface area contributed by atoms with Gasteiger partial charge in [0.05, 0.1) is 22.0 Å². The van der Waals surface area contributed by atoms with E-state index in [1.54, 1.807) is 36.4 Å². The number of para-hydroxylation sites is 1. The molecule has 1 atom stereocenters. The fourth-order valence-electron chi connectivity index (χ4n) is 5.70. The van der Waals surface area contributed by atoms with E-state index in [1.807, 2.05) is 48.5 Å². The lowest BCUT2D eigenvalue weighted by atomic mass is 9.90. The Hall–Kier alpha value is -4.27. The lowest BCUT2D eigenvalue weighted by Gasteiger charge is -2.26. The van der Waals surface area contributed by atoms with Crippen molar-refractivity contribution >= 4 is 38.7 Å². The normalized spacial score (nSPS) is 17.5. The van der Waals surface area contributed by atoms with E-state index in [2.05, 4.69) is 22.3 Å². The fourth-order valence-corrected chi connectivity index (χ4v) is 6.93. The molecule has 0 aromatic heterocycles. The highest BCUT2D eigenvalue weighted by molar-refractivity contribution is 7.92. The Balaban J connectivity index is 1.36. The Morgan fingerprint density at radius 2 is 1.55 bits per heavy atom. The molecule has 0 aliphatic carbocycles. The molecule has 1 saturated heterocycles. The van der Waals surface area contributed by atoms with E-state index >= 15 is 0 Å². The predicted octanol–water partition coefficient (Wildman–Crippen LogP) is 6.35. The second-order valence-corrected chi connectivity index (χ2v) is 12.8. The van der Waals surface area contributed by atoms with Crippen LogP contribution in [-0.2, 0) is 21.4 Å². The quantitative estimate of drug-likeness (QED) is 0.247. The molecule has 0 radical (unpaired) electrons. The summed E-state index contributed by atoms with van der Waals surface area (Å²) >= 11 is 0. The first-order valence-corrected chi connectivity index (χ1v) is 15.8. The third-order valence-corrected chi connectivity index (χ3v) is 9.80. The number of carbonyl (C=O) groups is 1. The number of nitrogens with one attached hydrogen (secondary N) is 1. The zero-order valence-electron chi connectivity index (χ0n) is 23.6. The van der Waals surface area contributed by atoms with Gasteiger partial charge in [-0.1, -0.05) is 67.1 Å². The summed E-state index contributed by atoms with van der Waals surface area (Å²) in [6, 6.07) is 31.5. The molecular weight excluding hydrogens is 544 g/mol. The third-order valence-electron chi connectivity index (χ3n) is 8.02. The molecule has 214 valence electrons. The Kier molecular flexibility index (Phi) is 7.91. The average Bonchev–Trinajstić information content (AvgIpc) is 3.36. The summed E-state index contributed by atoms with van der Waals surface area (Å²) in [6.45, 7) is 3.18. The summed E-state index contributed by atoms with van der Waals surface area (Å²) in [5.74, 6) is -1.01. The van der Waals surface area contributed by atoms with E-state index in [-0.39, 0.29) is 10.8 Å². The molecule has 4 aromatic rings. The molecule has 0 saturated carbocycles. The highest BCUT2D eigenvalue weighted by Gasteiger charge is 2.37. The number of piperidine rings is 1. The predicted molar refractivity (Wildman–Crippen MR) is 168 cm³/mol. The number of nitrogens with zero attached hydrogens (tertiary/aromatic N) is 3. The van der Waals surface area contributed by atoms with Crippen molar-refractivity contribution in [1.82, 2.24) is 4.90 Å². The van der Waals surface area contributed by atoms with E-state index in [0.29, 0.717) is 22.6 Å². The largest absolute Gasteiger partial charge is 0.325 e. The molecule has 1 amide bonds. The average molecular weight is 579 g/mol. The van der Waals surface area contributed by atoms with Gasteiger partial charge in [-0.2, -0.15) is 0 Å². The number of aliphatic imine (C=N–C) groups is 1. The number of likely N-dealkylation sites (tertiary alicyclic amines) is 1. The van der Waals surface area contributed by atoms with Crippen LogP contribution in [0.2, 0.25) is 0 Å². The molecule has 0 spiro atoms. The summed E-state index contributed by atoms with van der Waals surface area (Å²) in [4.78, 5) is 21.1. The molecule has 1 fully saturated rings. The van der Waals surface area contributed by atoms with Gasteiger partial charge >= 0.3 is 0 Å². The zero-order valence-corrected chi connectivity index (χ0v) is 24.4. The molecule has 6 rings (SSSR count). The Bertz CT molecular complexity index is 1700. The van der Waals surface area contributed by atoms with Crippen molar-refractivity contribution in [2.24, 2.45) is 4.99 Å². The van der Waals surface area contributed by atoms with Crippen LogP contribution >= 0.6 is 0 Å². The summed E-state index contributed by atoms with van der Waals surface area (Å²) in [5.41, 5.74) is 5.08. The van der Waals surface area contributed by atoms with Gasteiger partial charge in [-0.3, -0.25) is 19.0 Å². The number of fused-ring (bicyclic) bond motifs is 1. The number of sulfonamides is 1. The van der Waals surface area contributed by atoms with Crippen LogP contribution in [0.15, 0.2) is 113 Å². The van der Waals surface area contributed by atoms with Crippen molar-refractivity contribution in [2.45, 2.75) is 36.6 Å².